The molecule has 1 N–H and O–H groups in total. The Kier molecular flexibility index (Phi) is 4.59. The van der Waals surface area contributed by atoms with Crippen LogP contribution in [0.3, 0.4) is 0 Å². The van der Waals surface area contributed by atoms with Gasteiger partial charge in [-0.05, 0) is 24.7 Å². The van der Waals surface area contributed by atoms with Crippen LogP contribution in [0.2, 0.25) is 10.0 Å². The SMILES string of the molecule is CNC(c1cnc(C(F)(F)F)s1)c1ccc(Cl)cc1Cl. The molecule has 1 heterocycles. The van der Waals surface area contributed by atoms with Gasteiger partial charge in [-0.25, -0.2) is 4.98 Å². The summed E-state index contributed by atoms with van der Waals surface area (Å²) in [7, 11) is 1.64. The van der Waals surface area contributed by atoms with Gasteiger partial charge in [-0.1, -0.05) is 29.3 Å². The maximum absolute atomic E-state index is 12.6. The molecule has 2 rings (SSSR count). The van der Waals surface area contributed by atoms with Crippen LogP contribution < -0.4 is 5.32 Å². The van der Waals surface area contributed by atoms with Crippen molar-refractivity contribution in [1.29, 1.82) is 0 Å². The summed E-state index contributed by atoms with van der Waals surface area (Å²) in [6.07, 6.45) is -3.23. The summed E-state index contributed by atoms with van der Waals surface area (Å²) < 4.78 is 37.8. The topological polar surface area (TPSA) is 24.9 Å². The van der Waals surface area contributed by atoms with E-state index in [1.54, 1.807) is 25.2 Å². The first-order chi connectivity index (χ1) is 9.32. The predicted molar refractivity (Wildman–Crippen MR) is 74.5 cm³/mol. The lowest BCUT2D eigenvalue weighted by molar-refractivity contribution is -0.137. The second-order valence-electron chi connectivity index (χ2n) is 3.95. The molecule has 1 unspecified atom stereocenters. The van der Waals surface area contributed by atoms with Gasteiger partial charge >= 0.3 is 6.18 Å². The highest BCUT2D eigenvalue weighted by atomic mass is 35.5. The van der Waals surface area contributed by atoms with Crippen LogP contribution in [0.5, 0.6) is 0 Å². The van der Waals surface area contributed by atoms with Crippen LogP contribution in [-0.2, 0) is 6.18 Å². The van der Waals surface area contributed by atoms with Gasteiger partial charge in [0.1, 0.15) is 0 Å². The third-order valence-electron chi connectivity index (χ3n) is 2.61. The molecule has 0 aliphatic heterocycles. The average molecular weight is 341 g/mol. The first-order valence-electron chi connectivity index (χ1n) is 5.48. The van der Waals surface area contributed by atoms with Crippen molar-refractivity contribution >= 4 is 34.5 Å². The normalized spacial score (nSPS) is 13.5. The van der Waals surface area contributed by atoms with E-state index in [-0.39, 0.29) is 0 Å². The summed E-state index contributed by atoms with van der Waals surface area (Å²) in [5.74, 6) is 0. The number of hydrogen-bond acceptors (Lipinski definition) is 3. The molecule has 8 heteroatoms. The Balaban J connectivity index is 2.40. The van der Waals surface area contributed by atoms with E-state index in [0.29, 0.717) is 31.8 Å². The number of nitrogens with one attached hydrogen (secondary N) is 1. The number of aromatic nitrogens is 1. The van der Waals surface area contributed by atoms with Crippen molar-refractivity contribution in [3.8, 4) is 0 Å². The number of hydrogen-bond donors (Lipinski definition) is 1. The van der Waals surface area contributed by atoms with Crippen LogP contribution in [-0.4, -0.2) is 12.0 Å². The summed E-state index contributed by atoms with van der Waals surface area (Å²) in [4.78, 5) is 3.85. The minimum absolute atomic E-state index is 0.388. The van der Waals surface area contributed by atoms with Gasteiger partial charge in [0.15, 0.2) is 5.01 Å². The molecular weight excluding hydrogens is 332 g/mol. The fraction of sp³-hybridized carbons (Fsp3) is 0.250. The molecule has 0 saturated carbocycles. The fourth-order valence-electron chi connectivity index (χ4n) is 1.74. The summed E-state index contributed by atoms with van der Waals surface area (Å²) in [5, 5.41) is 2.91. The molecule has 1 atom stereocenters. The van der Waals surface area contributed by atoms with E-state index < -0.39 is 17.2 Å². The quantitative estimate of drug-likeness (QED) is 0.869. The predicted octanol–water partition coefficient (Wildman–Crippen LogP) is 4.78. The molecule has 0 saturated heterocycles. The molecule has 108 valence electrons. The van der Waals surface area contributed by atoms with Gasteiger partial charge in [-0.2, -0.15) is 13.2 Å². The molecule has 0 aliphatic carbocycles. The van der Waals surface area contributed by atoms with Gasteiger partial charge in [0.25, 0.3) is 0 Å². The van der Waals surface area contributed by atoms with E-state index in [1.165, 1.54) is 6.20 Å². The molecule has 0 bridgehead atoms. The Bertz CT molecular complexity index is 613. The van der Waals surface area contributed by atoms with E-state index in [9.17, 15) is 13.2 Å². The first kappa shape index (κ1) is 15.6. The summed E-state index contributed by atoms with van der Waals surface area (Å²) >= 11 is 12.5. The summed E-state index contributed by atoms with van der Waals surface area (Å²) in [6, 6.07) is 4.40. The highest BCUT2D eigenvalue weighted by Crippen LogP contribution is 2.37. The first-order valence-corrected chi connectivity index (χ1v) is 7.05. The second kappa shape index (κ2) is 5.89. The lowest BCUT2D eigenvalue weighted by Crippen LogP contribution is -2.16. The van der Waals surface area contributed by atoms with Crippen molar-refractivity contribution in [2.24, 2.45) is 0 Å². The molecule has 0 aliphatic rings. The van der Waals surface area contributed by atoms with E-state index in [4.69, 9.17) is 23.2 Å². The molecule has 0 spiro atoms. The summed E-state index contributed by atoms with van der Waals surface area (Å²) in [6.45, 7) is 0. The molecule has 0 fully saturated rings. The third kappa shape index (κ3) is 3.25. The van der Waals surface area contributed by atoms with Crippen LogP contribution in [0, 0.1) is 0 Å². The van der Waals surface area contributed by atoms with Crippen molar-refractivity contribution in [1.82, 2.24) is 10.3 Å². The van der Waals surface area contributed by atoms with Gasteiger partial charge in [0, 0.05) is 21.1 Å². The molecule has 1 aromatic heterocycles. The zero-order valence-electron chi connectivity index (χ0n) is 10.1. The van der Waals surface area contributed by atoms with Gasteiger partial charge in [0.2, 0.25) is 0 Å². The third-order valence-corrected chi connectivity index (χ3v) is 4.28. The van der Waals surface area contributed by atoms with Crippen LogP contribution in [0.4, 0.5) is 13.2 Å². The molecule has 2 nitrogen and oxygen atoms in total. The largest absolute Gasteiger partial charge is 0.443 e. The molecular formula is C12H9Cl2F3N2S. The van der Waals surface area contributed by atoms with Crippen LogP contribution in [0.25, 0.3) is 0 Å². The van der Waals surface area contributed by atoms with E-state index in [2.05, 4.69) is 10.3 Å². The molecule has 0 radical (unpaired) electrons. The molecule has 0 amide bonds. The van der Waals surface area contributed by atoms with Crippen LogP contribution in [0.15, 0.2) is 24.4 Å². The number of thiazole rings is 1. The number of benzene rings is 1. The molecule has 2 aromatic rings. The zero-order valence-corrected chi connectivity index (χ0v) is 12.5. The highest BCUT2D eigenvalue weighted by Gasteiger charge is 2.35. The second-order valence-corrected chi connectivity index (χ2v) is 5.86. The van der Waals surface area contributed by atoms with Gasteiger partial charge in [-0.3, -0.25) is 0 Å². The van der Waals surface area contributed by atoms with Crippen molar-refractivity contribution in [2.75, 3.05) is 7.05 Å². The zero-order chi connectivity index (χ0) is 14.9. The van der Waals surface area contributed by atoms with Gasteiger partial charge < -0.3 is 5.32 Å². The fourth-order valence-corrected chi connectivity index (χ4v) is 3.17. The lowest BCUT2D eigenvalue weighted by Gasteiger charge is -2.16. The van der Waals surface area contributed by atoms with E-state index in [0.717, 1.165) is 0 Å². The van der Waals surface area contributed by atoms with Crippen LogP contribution in [0.1, 0.15) is 21.5 Å². The number of nitrogens with zero attached hydrogens (tertiary/aromatic N) is 1. The smallest absolute Gasteiger partial charge is 0.309 e. The van der Waals surface area contributed by atoms with E-state index in [1.807, 2.05) is 0 Å². The van der Waals surface area contributed by atoms with Crippen molar-refractivity contribution in [2.45, 2.75) is 12.2 Å². The van der Waals surface area contributed by atoms with E-state index >= 15 is 0 Å². The summed E-state index contributed by atoms with van der Waals surface area (Å²) in [5.41, 5.74) is 0.649. The Labute approximate surface area is 127 Å². The Morgan fingerprint density at radius 2 is 2.00 bits per heavy atom. The Hall–Kier alpha value is -0.820. The highest BCUT2D eigenvalue weighted by molar-refractivity contribution is 7.11. The minimum atomic E-state index is -4.44. The Morgan fingerprint density at radius 3 is 2.50 bits per heavy atom. The average Bonchev–Trinajstić information content (AvgIpc) is 2.82. The molecule has 20 heavy (non-hydrogen) atoms. The number of halogens is 5. The van der Waals surface area contributed by atoms with Crippen LogP contribution >= 0.6 is 34.5 Å². The molecule has 1 aromatic carbocycles. The Morgan fingerprint density at radius 1 is 1.30 bits per heavy atom. The number of rotatable bonds is 3. The monoisotopic (exact) mass is 340 g/mol. The maximum Gasteiger partial charge on any atom is 0.443 e. The maximum atomic E-state index is 12.6. The minimum Gasteiger partial charge on any atom is -0.309 e. The van der Waals surface area contributed by atoms with Crippen molar-refractivity contribution < 1.29 is 13.2 Å². The lowest BCUT2D eigenvalue weighted by atomic mass is 10.1. The number of alkyl halides is 3. The van der Waals surface area contributed by atoms with Crippen molar-refractivity contribution in [3.05, 3.63) is 49.9 Å². The van der Waals surface area contributed by atoms with Gasteiger partial charge in [-0.15, -0.1) is 11.3 Å². The van der Waals surface area contributed by atoms with Crippen molar-refractivity contribution in [3.63, 3.8) is 0 Å². The van der Waals surface area contributed by atoms with Gasteiger partial charge in [0.05, 0.1) is 6.04 Å². The standard InChI is InChI=1S/C12H9Cl2F3N2S/c1-18-10(7-3-2-6(13)4-8(7)14)9-5-19-11(20-9)12(15,16)17/h2-5,10,18H,1H3.